The number of ether oxygens (including phenoxy) is 2. The van der Waals surface area contributed by atoms with E-state index < -0.39 is 5.41 Å². The maximum atomic E-state index is 5.91. The van der Waals surface area contributed by atoms with Crippen molar-refractivity contribution in [2.75, 3.05) is 7.11 Å². The Bertz CT molecular complexity index is 1470. The first-order valence-corrected chi connectivity index (χ1v) is 11.5. The molecule has 1 heterocycles. The highest BCUT2D eigenvalue weighted by atomic mass is 16.5. The van der Waals surface area contributed by atoms with E-state index >= 15 is 0 Å². The Balaban J connectivity index is 1.54. The Morgan fingerprint density at radius 2 is 1.17 bits per heavy atom. The number of benzene rings is 4. The van der Waals surface area contributed by atoms with Crippen LogP contribution in [0.1, 0.15) is 28.1 Å². The fourth-order valence-electron chi connectivity index (χ4n) is 5.15. The fourth-order valence-corrected chi connectivity index (χ4v) is 5.15. The van der Waals surface area contributed by atoms with Crippen molar-refractivity contribution >= 4 is 0 Å². The first kappa shape index (κ1) is 21.1. The largest absolute Gasteiger partial charge is 0.497 e. The van der Waals surface area contributed by atoms with E-state index in [4.69, 9.17) is 9.47 Å². The summed E-state index contributed by atoms with van der Waals surface area (Å²) in [5.41, 5.74) is 6.87. The van der Waals surface area contributed by atoms with E-state index in [2.05, 4.69) is 87.7 Å². The van der Waals surface area contributed by atoms with Crippen molar-refractivity contribution in [1.29, 1.82) is 0 Å². The van der Waals surface area contributed by atoms with Crippen LogP contribution < -0.4 is 9.47 Å². The highest BCUT2D eigenvalue weighted by Gasteiger charge is 2.45. The molecule has 4 aromatic carbocycles. The van der Waals surface area contributed by atoms with E-state index in [0.717, 1.165) is 11.3 Å². The monoisotopic (exact) mass is 457 g/mol. The summed E-state index contributed by atoms with van der Waals surface area (Å²) in [6.45, 7) is 1.81. The van der Waals surface area contributed by atoms with Gasteiger partial charge in [-0.25, -0.2) is 4.98 Å². The fraction of sp³-hybridized carbons (Fsp3) is 0.100. The van der Waals surface area contributed by atoms with Gasteiger partial charge < -0.3 is 9.47 Å². The summed E-state index contributed by atoms with van der Waals surface area (Å²) in [6, 6.07) is 34.2. The molecule has 35 heavy (non-hydrogen) atoms. The zero-order valence-electron chi connectivity index (χ0n) is 19.5. The third-order valence-corrected chi connectivity index (χ3v) is 6.64. The molecule has 0 spiro atoms. The molecule has 170 valence electrons. The van der Waals surface area contributed by atoms with Crippen molar-refractivity contribution in [2.45, 2.75) is 12.3 Å². The standard InChI is InChI=1S/C30H23N3O2/c1-20-31-19-32-29(33-20)35-24-17-13-22(14-18-24)30(21-11-15-23(34-2)16-12-21)27-9-5-3-7-25(27)26-8-4-6-10-28(26)30/h3-19H,1-2H3. The van der Waals surface area contributed by atoms with Gasteiger partial charge in [-0.05, 0) is 64.6 Å². The van der Waals surface area contributed by atoms with Crippen molar-refractivity contribution in [3.05, 3.63) is 131 Å². The molecule has 0 atom stereocenters. The molecule has 1 aromatic heterocycles. The lowest BCUT2D eigenvalue weighted by Gasteiger charge is -2.34. The molecule has 6 rings (SSSR count). The van der Waals surface area contributed by atoms with Crippen LogP contribution in [-0.4, -0.2) is 22.1 Å². The second-order valence-corrected chi connectivity index (χ2v) is 8.51. The van der Waals surface area contributed by atoms with Crippen molar-refractivity contribution in [3.8, 4) is 28.6 Å². The molecule has 5 heteroatoms. The first-order chi connectivity index (χ1) is 17.2. The molecule has 0 N–H and O–H groups in total. The topological polar surface area (TPSA) is 57.1 Å². The molecule has 0 saturated heterocycles. The maximum Gasteiger partial charge on any atom is 0.325 e. The lowest BCUT2D eigenvalue weighted by Crippen LogP contribution is -2.28. The van der Waals surface area contributed by atoms with E-state index in [1.165, 1.54) is 34.1 Å². The van der Waals surface area contributed by atoms with Crippen LogP contribution in [0.4, 0.5) is 0 Å². The van der Waals surface area contributed by atoms with Crippen molar-refractivity contribution in [2.24, 2.45) is 0 Å². The Hall–Kier alpha value is -4.51. The van der Waals surface area contributed by atoms with Crippen molar-refractivity contribution in [1.82, 2.24) is 15.0 Å². The number of fused-ring (bicyclic) bond motifs is 3. The van der Waals surface area contributed by atoms with Gasteiger partial charge in [-0.1, -0.05) is 72.8 Å². The van der Waals surface area contributed by atoms with Crippen LogP contribution in [0.5, 0.6) is 17.5 Å². The van der Waals surface area contributed by atoms with Crippen LogP contribution in [0.25, 0.3) is 11.1 Å². The number of methoxy groups -OCH3 is 1. The van der Waals surface area contributed by atoms with Gasteiger partial charge in [0.2, 0.25) is 0 Å². The van der Waals surface area contributed by atoms with Crippen LogP contribution in [0.2, 0.25) is 0 Å². The quantitative estimate of drug-likeness (QED) is 0.302. The zero-order chi connectivity index (χ0) is 23.8. The number of hydrogen-bond acceptors (Lipinski definition) is 5. The molecule has 0 radical (unpaired) electrons. The predicted octanol–water partition coefficient (Wildman–Crippen LogP) is 6.34. The molecule has 0 fully saturated rings. The van der Waals surface area contributed by atoms with Gasteiger partial charge in [-0.15, -0.1) is 0 Å². The van der Waals surface area contributed by atoms with E-state index in [-0.39, 0.29) is 6.01 Å². The predicted molar refractivity (Wildman–Crippen MR) is 135 cm³/mol. The molecule has 5 aromatic rings. The minimum Gasteiger partial charge on any atom is -0.497 e. The number of nitrogens with zero attached hydrogens (tertiary/aromatic N) is 3. The molecule has 0 saturated carbocycles. The summed E-state index contributed by atoms with van der Waals surface area (Å²) in [5, 5.41) is 0. The molecule has 0 amide bonds. The zero-order valence-corrected chi connectivity index (χ0v) is 19.5. The lowest BCUT2D eigenvalue weighted by atomic mass is 9.68. The Labute approximate surface area is 204 Å². The molecule has 0 aliphatic heterocycles. The van der Waals surface area contributed by atoms with Gasteiger partial charge in [-0.3, -0.25) is 0 Å². The Kier molecular flexibility index (Phi) is 5.03. The van der Waals surface area contributed by atoms with E-state index in [1.807, 2.05) is 31.2 Å². The molecule has 0 bridgehead atoms. The van der Waals surface area contributed by atoms with Crippen LogP contribution in [0, 0.1) is 6.92 Å². The van der Waals surface area contributed by atoms with E-state index in [9.17, 15) is 0 Å². The van der Waals surface area contributed by atoms with Crippen molar-refractivity contribution < 1.29 is 9.47 Å². The molecular formula is C30H23N3O2. The van der Waals surface area contributed by atoms with Gasteiger partial charge in [-0.2, -0.15) is 9.97 Å². The summed E-state index contributed by atoms with van der Waals surface area (Å²) in [5.74, 6) is 2.12. The van der Waals surface area contributed by atoms with Crippen LogP contribution in [0.3, 0.4) is 0 Å². The van der Waals surface area contributed by atoms with E-state index in [0.29, 0.717) is 11.6 Å². The van der Waals surface area contributed by atoms with Gasteiger partial charge in [0.25, 0.3) is 0 Å². The molecular weight excluding hydrogens is 434 g/mol. The number of hydrogen-bond donors (Lipinski definition) is 0. The minimum absolute atomic E-state index is 0.284. The SMILES string of the molecule is COc1ccc(C2(c3ccc(Oc4ncnc(C)n4)cc3)c3ccccc3-c3ccccc32)cc1. The number of aromatic nitrogens is 3. The maximum absolute atomic E-state index is 5.91. The summed E-state index contributed by atoms with van der Waals surface area (Å²) >= 11 is 0. The molecule has 5 nitrogen and oxygen atoms in total. The van der Waals surface area contributed by atoms with Crippen LogP contribution in [-0.2, 0) is 5.41 Å². The van der Waals surface area contributed by atoms with E-state index in [1.54, 1.807) is 7.11 Å². The van der Waals surface area contributed by atoms with Gasteiger partial charge >= 0.3 is 6.01 Å². The van der Waals surface area contributed by atoms with Gasteiger partial charge in [0.1, 0.15) is 23.7 Å². The van der Waals surface area contributed by atoms with Gasteiger partial charge in [0.15, 0.2) is 0 Å². The highest BCUT2D eigenvalue weighted by Crippen LogP contribution is 2.56. The first-order valence-electron chi connectivity index (χ1n) is 11.5. The normalized spacial score (nSPS) is 13.1. The summed E-state index contributed by atoms with van der Waals surface area (Å²) in [4.78, 5) is 12.4. The Morgan fingerprint density at radius 1 is 0.629 bits per heavy atom. The average Bonchev–Trinajstić information content (AvgIpc) is 3.21. The summed E-state index contributed by atoms with van der Waals surface area (Å²) in [6.07, 6.45) is 1.46. The lowest BCUT2D eigenvalue weighted by molar-refractivity contribution is 0.414. The second kappa shape index (κ2) is 8.37. The van der Waals surface area contributed by atoms with Gasteiger partial charge in [0.05, 0.1) is 12.5 Å². The number of rotatable bonds is 5. The summed E-state index contributed by atoms with van der Waals surface area (Å²) < 4.78 is 11.4. The average molecular weight is 458 g/mol. The third-order valence-electron chi connectivity index (χ3n) is 6.64. The van der Waals surface area contributed by atoms with Gasteiger partial charge in [0, 0.05) is 0 Å². The second-order valence-electron chi connectivity index (χ2n) is 8.51. The smallest absolute Gasteiger partial charge is 0.325 e. The Morgan fingerprint density at radius 3 is 1.71 bits per heavy atom. The molecule has 1 aliphatic rings. The minimum atomic E-state index is -0.470. The number of aryl methyl sites for hydroxylation is 1. The third kappa shape index (κ3) is 3.36. The molecule has 0 unspecified atom stereocenters. The molecule has 1 aliphatic carbocycles. The van der Waals surface area contributed by atoms with Crippen LogP contribution >= 0.6 is 0 Å². The highest BCUT2D eigenvalue weighted by molar-refractivity contribution is 5.86. The summed E-state index contributed by atoms with van der Waals surface area (Å²) in [7, 11) is 1.69. The van der Waals surface area contributed by atoms with Crippen LogP contribution in [0.15, 0.2) is 103 Å². The van der Waals surface area contributed by atoms with Crippen molar-refractivity contribution in [3.63, 3.8) is 0 Å².